The molecule has 2 aromatic carbocycles. The molecule has 0 unspecified atom stereocenters. The van der Waals surface area contributed by atoms with Crippen LogP contribution in [0.4, 0.5) is 9.59 Å². The average Bonchev–Trinajstić information content (AvgIpc) is 2.73. The number of carbonyl (C=O) groups excluding carboxylic acids is 2. The van der Waals surface area contributed by atoms with E-state index in [-0.39, 0.29) is 25.8 Å². The molecule has 0 atom stereocenters. The Morgan fingerprint density at radius 1 is 0.871 bits per heavy atom. The van der Waals surface area contributed by atoms with Crippen LogP contribution in [0.2, 0.25) is 0 Å². The molecule has 4 amide bonds. The monoisotopic (exact) mass is 472 g/mol. The Labute approximate surface area is 175 Å². The van der Waals surface area contributed by atoms with Crippen molar-refractivity contribution in [3.05, 3.63) is 48.5 Å². The molecule has 0 aliphatic rings. The Balaban J connectivity index is 2.10. The lowest BCUT2D eigenvalue weighted by Gasteiger charge is -2.16. The van der Waals surface area contributed by atoms with Gasteiger partial charge in [0.2, 0.25) is 0 Å². The minimum Gasteiger partial charge on any atom is -0.457 e. The van der Waals surface area contributed by atoms with E-state index >= 15 is 0 Å². The van der Waals surface area contributed by atoms with Gasteiger partial charge in [-0.05, 0) is 53.1 Å². The summed E-state index contributed by atoms with van der Waals surface area (Å²) in [5.74, 6) is 10.7. The summed E-state index contributed by atoms with van der Waals surface area (Å²) < 4.78 is 53.3. The van der Waals surface area contributed by atoms with Crippen molar-refractivity contribution in [3.63, 3.8) is 0 Å². The van der Waals surface area contributed by atoms with Gasteiger partial charge < -0.3 is 10.5 Å². The number of urea groups is 2. The Kier molecular flexibility index (Phi) is 7.33. The van der Waals surface area contributed by atoms with E-state index in [1.807, 2.05) is 0 Å². The van der Waals surface area contributed by atoms with E-state index in [2.05, 4.69) is 16.0 Å². The molecule has 0 aliphatic heterocycles. The summed E-state index contributed by atoms with van der Waals surface area (Å²) in [6, 6.07) is 7.51. The van der Waals surface area contributed by atoms with E-state index < -0.39 is 32.1 Å². The number of benzene rings is 2. The van der Waals surface area contributed by atoms with Crippen LogP contribution >= 0.6 is 0 Å². The molecular weight excluding hydrogens is 456 g/mol. The topological polar surface area (TPSA) is 242 Å². The normalized spacial score (nSPS) is 12.1. The molecule has 0 bridgehead atoms. The Morgan fingerprint density at radius 3 is 1.81 bits per heavy atom. The molecule has 0 radical (unpaired) electrons. The molecule has 2 aromatic rings. The standard InChI is InChI=1S/C14H16N8O7S2/c15-13(23)18-19-14(24)20-22(17)31(27,28)12-7-3-10(4-8-12)29-9-1-5-11(6-2-9)30(25,26)21-16/h1-8,21H,16-17H2,(H2,15,23)(H,20,24). The van der Waals surface area contributed by atoms with Gasteiger partial charge >= 0.3 is 12.1 Å². The van der Waals surface area contributed by atoms with Crippen LogP contribution < -0.4 is 32.4 Å². The van der Waals surface area contributed by atoms with Gasteiger partial charge in [0.1, 0.15) is 11.5 Å². The Hall–Kier alpha value is -3.48. The lowest BCUT2D eigenvalue weighted by atomic mass is 10.3. The number of sulfonamides is 2. The maximum absolute atomic E-state index is 12.3. The summed E-state index contributed by atoms with van der Waals surface area (Å²) in [7, 11) is -8.18. The molecule has 2 rings (SSSR count). The van der Waals surface area contributed by atoms with Gasteiger partial charge in [-0.1, -0.05) is 10.2 Å². The van der Waals surface area contributed by atoms with Crippen LogP contribution in [0.5, 0.6) is 11.5 Å². The van der Waals surface area contributed by atoms with Gasteiger partial charge in [0.25, 0.3) is 20.0 Å². The van der Waals surface area contributed by atoms with Crippen molar-refractivity contribution in [3.8, 4) is 11.5 Å². The molecule has 17 heteroatoms. The van der Waals surface area contributed by atoms with E-state index in [0.717, 1.165) is 12.1 Å². The molecule has 0 saturated heterocycles. The van der Waals surface area contributed by atoms with Gasteiger partial charge in [0.05, 0.1) is 9.79 Å². The fraction of sp³-hybridized carbons (Fsp3) is 0. The zero-order valence-electron chi connectivity index (χ0n) is 15.4. The predicted octanol–water partition coefficient (Wildman–Crippen LogP) is -0.349. The lowest BCUT2D eigenvalue weighted by Crippen LogP contribution is -2.49. The van der Waals surface area contributed by atoms with E-state index in [9.17, 15) is 26.4 Å². The largest absolute Gasteiger partial charge is 0.457 e. The zero-order chi connectivity index (χ0) is 23.2. The third-order valence-corrected chi connectivity index (χ3v) is 6.03. The minimum absolute atomic E-state index is 0.0180. The molecule has 31 heavy (non-hydrogen) atoms. The number of rotatable bonds is 7. The number of hydrogen-bond acceptors (Lipinski definition) is 9. The quantitative estimate of drug-likeness (QED) is 0.200. The summed E-state index contributed by atoms with van der Waals surface area (Å²) in [6.07, 6.45) is 0. The fourth-order valence-corrected chi connectivity index (χ4v) is 3.49. The highest BCUT2D eigenvalue weighted by Gasteiger charge is 2.23. The van der Waals surface area contributed by atoms with Crippen LogP contribution in [-0.4, -0.2) is 33.4 Å². The van der Waals surface area contributed by atoms with E-state index in [1.165, 1.54) is 36.4 Å². The van der Waals surface area contributed by atoms with Gasteiger partial charge in [-0.25, -0.2) is 37.7 Å². The van der Waals surface area contributed by atoms with Gasteiger partial charge in [-0.15, -0.1) is 0 Å². The van der Waals surface area contributed by atoms with Crippen molar-refractivity contribution >= 4 is 32.1 Å². The highest BCUT2D eigenvalue weighted by atomic mass is 32.2. The maximum Gasteiger partial charge on any atom is 0.376 e. The van der Waals surface area contributed by atoms with E-state index in [1.54, 1.807) is 10.3 Å². The number of carbonyl (C=O) groups is 2. The first-order valence-electron chi connectivity index (χ1n) is 7.88. The van der Waals surface area contributed by atoms with Gasteiger partial charge in [0.15, 0.2) is 0 Å². The smallest absolute Gasteiger partial charge is 0.376 e. The number of hydrogen-bond donors (Lipinski definition) is 5. The summed E-state index contributed by atoms with van der Waals surface area (Å²) in [5.41, 5.74) is 6.33. The number of nitrogens with two attached hydrogens (primary N) is 3. The number of amides is 4. The second-order valence-corrected chi connectivity index (χ2v) is 8.95. The first-order chi connectivity index (χ1) is 14.5. The lowest BCUT2D eigenvalue weighted by molar-refractivity contribution is 0.226. The number of nitrogens with one attached hydrogen (secondary N) is 2. The van der Waals surface area contributed by atoms with Crippen LogP contribution in [0.25, 0.3) is 0 Å². The number of primary amides is 1. The van der Waals surface area contributed by atoms with Crippen LogP contribution in [0.1, 0.15) is 0 Å². The second kappa shape index (κ2) is 9.55. The van der Waals surface area contributed by atoms with Crippen LogP contribution in [0.3, 0.4) is 0 Å². The van der Waals surface area contributed by atoms with Crippen LogP contribution in [0, 0.1) is 0 Å². The number of nitrogens with zero attached hydrogens (tertiary/aromatic N) is 3. The molecule has 0 aliphatic carbocycles. The van der Waals surface area contributed by atoms with Crippen molar-refractivity contribution in [1.82, 2.24) is 14.8 Å². The molecule has 0 heterocycles. The van der Waals surface area contributed by atoms with E-state index in [0.29, 0.717) is 0 Å². The number of azo groups is 1. The van der Waals surface area contributed by atoms with Crippen molar-refractivity contribution in [2.45, 2.75) is 9.79 Å². The second-order valence-electron chi connectivity index (χ2n) is 5.42. The van der Waals surface area contributed by atoms with Gasteiger partial charge in [-0.2, -0.15) is 4.83 Å². The number of hydrazine groups is 3. The summed E-state index contributed by atoms with van der Waals surface area (Å²) in [6.45, 7) is 0. The predicted molar refractivity (Wildman–Crippen MR) is 104 cm³/mol. The summed E-state index contributed by atoms with van der Waals surface area (Å²) in [5, 5.41) is 5.53. The molecule has 166 valence electrons. The number of ether oxygens (including phenoxy) is 1. The minimum atomic E-state index is -4.37. The Morgan fingerprint density at radius 2 is 1.35 bits per heavy atom. The Bertz CT molecular complexity index is 1200. The molecule has 0 fully saturated rings. The highest BCUT2D eigenvalue weighted by Crippen LogP contribution is 2.24. The van der Waals surface area contributed by atoms with Crippen LogP contribution in [0.15, 0.2) is 68.6 Å². The first-order valence-corrected chi connectivity index (χ1v) is 10.8. The third kappa shape index (κ3) is 6.25. The maximum atomic E-state index is 12.3. The van der Waals surface area contributed by atoms with Crippen molar-refractivity contribution < 1.29 is 31.2 Å². The molecule has 15 nitrogen and oxygen atoms in total. The SMILES string of the molecule is NNS(=O)(=O)c1ccc(Oc2ccc(S(=O)(=O)N(N)NC(=O)N=NC(N)=O)cc2)cc1. The first kappa shape index (κ1) is 23.8. The average molecular weight is 472 g/mol. The zero-order valence-corrected chi connectivity index (χ0v) is 17.0. The molecule has 0 saturated carbocycles. The molecule has 8 N–H and O–H groups in total. The van der Waals surface area contributed by atoms with E-state index in [4.69, 9.17) is 16.4 Å². The fourth-order valence-electron chi connectivity index (χ4n) is 1.96. The van der Waals surface area contributed by atoms with Crippen molar-refractivity contribution in [2.24, 2.45) is 27.6 Å². The van der Waals surface area contributed by atoms with Gasteiger partial charge in [0, 0.05) is 0 Å². The third-order valence-electron chi connectivity index (χ3n) is 3.35. The van der Waals surface area contributed by atoms with Gasteiger partial charge in [-0.3, -0.25) is 5.84 Å². The molecular formula is C14H16N8O7S2. The van der Waals surface area contributed by atoms with Crippen LogP contribution in [-0.2, 0) is 20.0 Å². The van der Waals surface area contributed by atoms with Crippen molar-refractivity contribution in [1.29, 1.82) is 0 Å². The summed E-state index contributed by atoms with van der Waals surface area (Å²) >= 11 is 0. The van der Waals surface area contributed by atoms with Crippen molar-refractivity contribution in [2.75, 3.05) is 0 Å². The summed E-state index contributed by atoms with van der Waals surface area (Å²) in [4.78, 5) is 23.1. The molecule has 0 spiro atoms. The molecule has 0 aromatic heterocycles. The highest BCUT2D eigenvalue weighted by molar-refractivity contribution is 7.89.